The monoisotopic (exact) mass is 348 g/mol. The molecule has 0 aliphatic heterocycles. The van der Waals surface area contributed by atoms with Gasteiger partial charge in [0.25, 0.3) is 0 Å². The summed E-state index contributed by atoms with van der Waals surface area (Å²) in [6.45, 7) is 0. The van der Waals surface area contributed by atoms with Crippen molar-refractivity contribution in [3.63, 3.8) is 0 Å². The number of aromatic nitrogens is 3. The number of hydrogen-bond donors (Lipinski definition) is 1. The summed E-state index contributed by atoms with van der Waals surface area (Å²) in [6, 6.07) is 14.6. The summed E-state index contributed by atoms with van der Waals surface area (Å²) >= 11 is 0. The highest BCUT2D eigenvalue weighted by Crippen LogP contribution is 2.18. The molecule has 26 heavy (non-hydrogen) atoms. The zero-order valence-corrected chi connectivity index (χ0v) is 13.5. The van der Waals surface area contributed by atoms with Crippen molar-refractivity contribution in [2.45, 2.75) is 0 Å². The van der Waals surface area contributed by atoms with Gasteiger partial charge in [0.1, 0.15) is 22.6 Å². The molecule has 0 fully saturated rings. The van der Waals surface area contributed by atoms with Crippen LogP contribution in [0, 0.1) is 5.82 Å². The van der Waals surface area contributed by atoms with E-state index in [2.05, 4.69) is 15.5 Å². The molecule has 0 saturated heterocycles. The largest absolute Gasteiger partial charge is 0.465 e. The third-order valence-corrected chi connectivity index (χ3v) is 3.65. The molecule has 4 aromatic rings. The van der Waals surface area contributed by atoms with E-state index >= 15 is 0 Å². The second-order valence-electron chi connectivity index (χ2n) is 5.51. The van der Waals surface area contributed by atoms with E-state index < -0.39 is 0 Å². The molecule has 4 rings (SSSR count). The SMILES string of the molecule is O=C(C=Cc1ccco1)Nc1ccc2nn(-c3ccc(F)cc3)nc2c1. The Morgan fingerprint density at radius 2 is 1.88 bits per heavy atom. The van der Waals surface area contributed by atoms with Crippen LogP contribution in [0.3, 0.4) is 0 Å². The van der Waals surface area contributed by atoms with Crippen LogP contribution in [-0.4, -0.2) is 20.9 Å². The maximum absolute atomic E-state index is 13.0. The molecule has 1 amide bonds. The summed E-state index contributed by atoms with van der Waals surface area (Å²) in [5, 5.41) is 11.5. The average Bonchev–Trinajstić information content (AvgIpc) is 3.30. The fourth-order valence-corrected chi connectivity index (χ4v) is 2.41. The summed E-state index contributed by atoms with van der Waals surface area (Å²) in [4.78, 5) is 13.4. The molecule has 128 valence electrons. The lowest BCUT2D eigenvalue weighted by Gasteiger charge is -2.00. The van der Waals surface area contributed by atoms with Crippen molar-refractivity contribution in [2.24, 2.45) is 0 Å². The first-order valence-electron chi connectivity index (χ1n) is 7.83. The molecule has 0 saturated carbocycles. The van der Waals surface area contributed by atoms with Crippen LogP contribution < -0.4 is 5.32 Å². The lowest BCUT2D eigenvalue weighted by molar-refractivity contribution is -0.111. The van der Waals surface area contributed by atoms with Crippen LogP contribution in [0.2, 0.25) is 0 Å². The van der Waals surface area contributed by atoms with E-state index in [4.69, 9.17) is 4.42 Å². The molecule has 0 atom stereocenters. The fourth-order valence-electron chi connectivity index (χ4n) is 2.41. The Kier molecular flexibility index (Phi) is 4.03. The van der Waals surface area contributed by atoms with Crippen LogP contribution >= 0.6 is 0 Å². The predicted octanol–water partition coefficient (Wildman–Crippen LogP) is 3.80. The molecule has 0 aliphatic rings. The quantitative estimate of drug-likeness (QED) is 0.569. The van der Waals surface area contributed by atoms with E-state index in [1.54, 1.807) is 48.5 Å². The van der Waals surface area contributed by atoms with Crippen molar-refractivity contribution < 1.29 is 13.6 Å². The average molecular weight is 348 g/mol. The normalized spacial score (nSPS) is 11.3. The predicted molar refractivity (Wildman–Crippen MR) is 95.2 cm³/mol. The molecule has 0 spiro atoms. The van der Waals surface area contributed by atoms with Crippen LogP contribution in [0.4, 0.5) is 10.1 Å². The molecular formula is C19H13FN4O2. The van der Waals surface area contributed by atoms with Crippen LogP contribution in [-0.2, 0) is 4.79 Å². The van der Waals surface area contributed by atoms with Gasteiger partial charge in [0, 0.05) is 11.8 Å². The number of hydrogen-bond acceptors (Lipinski definition) is 4. The maximum atomic E-state index is 13.0. The second kappa shape index (κ2) is 6.64. The molecule has 0 radical (unpaired) electrons. The first-order chi connectivity index (χ1) is 12.7. The number of furan rings is 1. The Labute approximate surface area is 147 Å². The van der Waals surface area contributed by atoms with Gasteiger partial charge in [-0.05, 0) is 60.7 Å². The highest BCUT2D eigenvalue weighted by atomic mass is 19.1. The van der Waals surface area contributed by atoms with Crippen molar-refractivity contribution in [2.75, 3.05) is 5.32 Å². The standard InChI is InChI=1S/C19H13FN4O2/c20-13-3-6-15(7-4-13)24-22-17-9-5-14(12-18(17)23-24)21-19(25)10-8-16-2-1-11-26-16/h1-12H,(H,21,25). The van der Waals surface area contributed by atoms with Crippen molar-refractivity contribution >= 4 is 28.7 Å². The van der Waals surface area contributed by atoms with E-state index in [0.29, 0.717) is 28.2 Å². The van der Waals surface area contributed by atoms with Gasteiger partial charge in [-0.15, -0.1) is 10.2 Å². The number of benzene rings is 2. The molecule has 6 nitrogen and oxygen atoms in total. The Balaban J connectivity index is 1.53. The van der Waals surface area contributed by atoms with Crippen LogP contribution in [0.1, 0.15) is 5.76 Å². The van der Waals surface area contributed by atoms with Gasteiger partial charge in [0.05, 0.1) is 12.0 Å². The highest BCUT2D eigenvalue weighted by molar-refractivity contribution is 6.02. The van der Waals surface area contributed by atoms with Gasteiger partial charge in [-0.3, -0.25) is 4.79 Å². The number of fused-ring (bicyclic) bond motifs is 1. The van der Waals surface area contributed by atoms with Crippen molar-refractivity contribution in [1.82, 2.24) is 15.0 Å². The second-order valence-corrected chi connectivity index (χ2v) is 5.51. The topological polar surface area (TPSA) is 73.0 Å². The van der Waals surface area contributed by atoms with Crippen molar-refractivity contribution in [3.8, 4) is 5.69 Å². The first kappa shape index (κ1) is 15.8. The van der Waals surface area contributed by atoms with Crippen molar-refractivity contribution in [1.29, 1.82) is 0 Å². The molecular weight excluding hydrogens is 335 g/mol. The van der Waals surface area contributed by atoms with E-state index in [-0.39, 0.29) is 11.7 Å². The summed E-state index contributed by atoms with van der Waals surface area (Å²) < 4.78 is 18.2. The summed E-state index contributed by atoms with van der Waals surface area (Å²) in [5.74, 6) is -0.0115. The molecule has 2 aromatic carbocycles. The number of anilines is 1. The number of amides is 1. The Bertz CT molecular complexity index is 1080. The number of rotatable bonds is 4. The van der Waals surface area contributed by atoms with Crippen molar-refractivity contribution in [3.05, 3.63) is 78.5 Å². The first-order valence-corrected chi connectivity index (χ1v) is 7.83. The van der Waals surface area contributed by atoms with E-state index in [0.717, 1.165) is 0 Å². The van der Waals surface area contributed by atoms with E-state index in [1.165, 1.54) is 29.3 Å². The number of nitrogens with zero attached hydrogens (tertiary/aromatic N) is 3. The molecule has 0 aliphatic carbocycles. The number of halogens is 1. The molecule has 2 heterocycles. The Morgan fingerprint density at radius 3 is 2.65 bits per heavy atom. The Hall–Kier alpha value is -3.74. The third kappa shape index (κ3) is 3.36. The Morgan fingerprint density at radius 1 is 1.08 bits per heavy atom. The lowest BCUT2D eigenvalue weighted by Crippen LogP contribution is -2.07. The van der Waals surface area contributed by atoms with Gasteiger partial charge in [-0.1, -0.05) is 0 Å². The van der Waals surface area contributed by atoms with Gasteiger partial charge >= 0.3 is 0 Å². The number of carbonyl (C=O) groups is 1. The minimum Gasteiger partial charge on any atom is -0.465 e. The van der Waals surface area contributed by atoms with Gasteiger partial charge in [-0.2, -0.15) is 4.80 Å². The number of nitrogens with one attached hydrogen (secondary N) is 1. The zero-order valence-electron chi connectivity index (χ0n) is 13.5. The summed E-state index contributed by atoms with van der Waals surface area (Å²) in [7, 11) is 0. The van der Waals surface area contributed by atoms with Gasteiger partial charge < -0.3 is 9.73 Å². The highest BCUT2D eigenvalue weighted by Gasteiger charge is 2.07. The van der Waals surface area contributed by atoms with Crippen LogP contribution in [0.15, 0.2) is 71.4 Å². The zero-order chi connectivity index (χ0) is 17.9. The van der Waals surface area contributed by atoms with Gasteiger partial charge in [-0.25, -0.2) is 4.39 Å². The van der Waals surface area contributed by atoms with Gasteiger partial charge in [0.2, 0.25) is 5.91 Å². The minimum absolute atomic E-state index is 0.285. The maximum Gasteiger partial charge on any atom is 0.248 e. The minimum atomic E-state index is -0.321. The number of carbonyl (C=O) groups excluding carboxylic acids is 1. The van der Waals surface area contributed by atoms with Crippen LogP contribution in [0.25, 0.3) is 22.8 Å². The van der Waals surface area contributed by atoms with Gasteiger partial charge in [0.15, 0.2) is 0 Å². The van der Waals surface area contributed by atoms with E-state index in [9.17, 15) is 9.18 Å². The molecule has 2 aromatic heterocycles. The molecule has 0 unspecified atom stereocenters. The molecule has 0 bridgehead atoms. The molecule has 7 heteroatoms. The summed E-state index contributed by atoms with van der Waals surface area (Å²) in [6.07, 6.45) is 4.51. The molecule has 1 N–H and O–H groups in total. The fraction of sp³-hybridized carbons (Fsp3) is 0. The lowest BCUT2D eigenvalue weighted by atomic mass is 10.2. The van der Waals surface area contributed by atoms with Crippen LogP contribution in [0.5, 0.6) is 0 Å². The smallest absolute Gasteiger partial charge is 0.248 e. The summed E-state index contributed by atoms with van der Waals surface area (Å²) in [5.41, 5.74) is 2.52. The van der Waals surface area contributed by atoms with E-state index in [1.807, 2.05) is 0 Å². The third-order valence-electron chi connectivity index (χ3n) is 3.65.